The molecule has 162 valence electrons. The van der Waals surface area contributed by atoms with E-state index in [0.29, 0.717) is 24.7 Å². The highest BCUT2D eigenvalue weighted by Gasteiger charge is 2.14. The van der Waals surface area contributed by atoms with Crippen molar-refractivity contribution in [3.63, 3.8) is 0 Å². The first-order valence-corrected chi connectivity index (χ1v) is 11.3. The lowest BCUT2D eigenvalue weighted by Gasteiger charge is -2.16. The van der Waals surface area contributed by atoms with Crippen LogP contribution in [0.5, 0.6) is 11.5 Å². The number of aryl methyl sites for hydroxylation is 2. The summed E-state index contributed by atoms with van der Waals surface area (Å²) in [7, 11) is 0. The van der Waals surface area contributed by atoms with Crippen molar-refractivity contribution in [2.45, 2.75) is 27.3 Å². The second-order valence-corrected chi connectivity index (χ2v) is 8.43. The van der Waals surface area contributed by atoms with Gasteiger partial charge in [-0.15, -0.1) is 0 Å². The molecule has 0 saturated carbocycles. The maximum atomic E-state index is 12.3. The number of benzene rings is 3. The van der Waals surface area contributed by atoms with E-state index in [0.717, 1.165) is 26.1 Å². The summed E-state index contributed by atoms with van der Waals surface area (Å²) in [4.78, 5) is 12.3. The van der Waals surface area contributed by atoms with Gasteiger partial charge in [-0.05, 0) is 90.9 Å². The summed E-state index contributed by atoms with van der Waals surface area (Å²) in [5.74, 6) is 1.01. The van der Waals surface area contributed by atoms with E-state index < -0.39 is 0 Å². The van der Waals surface area contributed by atoms with Crippen molar-refractivity contribution < 1.29 is 14.3 Å². The molecule has 0 bridgehead atoms. The third-order valence-electron chi connectivity index (χ3n) is 4.57. The summed E-state index contributed by atoms with van der Waals surface area (Å²) in [6.07, 6.45) is 0. The van der Waals surface area contributed by atoms with Gasteiger partial charge in [-0.3, -0.25) is 4.79 Å². The molecule has 1 amide bonds. The Morgan fingerprint density at radius 2 is 1.71 bits per heavy atom. The molecule has 3 aromatic carbocycles. The highest BCUT2D eigenvalue weighted by Crippen LogP contribution is 2.34. The van der Waals surface area contributed by atoms with Gasteiger partial charge in [0.25, 0.3) is 5.91 Å². The molecule has 6 heteroatoms. The van der Waals surface area contributed by atoms with Crippen LogP contribution in [0.2, 0.25) is 0 Å². The molecule has 0 aliphatic carbocycles. The Balaban J connectivity index is 1.66. The van der Waals surface area contributed by atoms with Gasteiger partial charge in [-0.1, -0.05) is 29.8 Å². The molecule has 3 rings (SSSR count). The predicted molar refractivity (Wildman–Crippen MR) is 134 cm³/mol. The van der Waals surface area contributed by atoms with E-state index in [1.807, 2.05) is 50.2 Å². The molecular weight excluding hydrogens is 503 g/mol. The minimum atomic E-state index is -0.214. The van der Waals surface area contributed by atoms with Crippen LogP contribution in [0.1, 0.15) is 23.6 Å². The van der Waals surface area contributed by atoms with Crippen molar-refractivity contribution in [1.29, 1.82) is 0 Å². The maximum absolute atomic E-state index is 12.3. The fourth-order valence-corrected chi connectivity index (χ4v) is 3.88. The SMILES string of the molecule is CCOc1cc(CNc2ccc(C)cc2)cc(I)c1OCC(=O)Nc1cccc(C)c1. The van der Waals surface area contributed by atoms with Crippen LogP contribution in [0.15, 0.2) is 60.7 Å². The van der Waals surface area contributed by atoms with Crippen LogP contribution in [0.25, 0.3) is 0 Å². The highest BCUT2D eigenvalue weighted by atomic mass is 127. The maximum Gasteiger partial charge on any atom is 0.262 e. The van der Waals surface area contributed by atoms with Crippen LogP contribution >= 0.6 is 22.6 Å². The Morgan fingerprint density at radius 1 is 0.935 bits per heavy atom. The number of amides is 1. The van der Waals surface area contributed by atoms with Crippen molar-refractivity contribution in [2.24, 2.45) is 0 Å². The molecule has 31 heavy (non-hydrogen) atoms. The fourth-order valence-electron chi connectivity index (χ4n) is 3.06. The van der Waals surface area contributed by atoms with Gasteiger partial charge in [0.15, 0.2) is 18.1 Å². The lowest BCUT2D eigenvalue weighted by molar-refractivity contribution is -0.118. The number of hydrogen-bond acceptors (Lipinski definition) is 4. The summed E-state index contributed by atoms with van der Waals surface area (Å²) in [6, 6.07) is 20.0. The Morgan fingerprint density at radius 3 is 2.42 bits per heavy atom. The predicted octanol–water partition coefficient (Wildman–Crippen LogP) is 5.94. The van der Waals surface area contributed by atoms with Crippen molar-refractivity contribution in [1.82, 2.24) is 0 Å². The van der Waals surface area contributed by atoms with Gasteiger partial charge < -0.3 is 20.1 Å². The lowest BCUT2D eigenvalue weighted by atomic mass is 10.2. The van der Waals surface area contributed by atoms with E-state index in [1.54, 1.807) is 0 Å². The molecule has 0 unspecified atom stereocenters. The quantitative estimate of drug-likeness (QED) is 0.337. The average Bonchev–Trinajstić information content (AvgIpc) is 2.73. The van der Waals surface area contributed by atoms with E-state index in [2.05, 4.69) is 64.4 Å². The van der Waals surface area contributed by atoms with Crippen LogP contribution in [0, 0.1) is 17.4 Å². The zero-order valence-corrected chi connectivity index (χ0v) is 20.2. The summed E-state index contributed by atoms with van der Waals surface area (Å²) in [5, 5.41) is 6.28. The average molecular weight is 530 g/mol. The molecular formula is C25H27IN2O3. The van der Waals surface area contributed by atoms with Crippen LogP contribution < -0.4 is 20.1 Å². The Bertz CT molecular complexity index is 1040. The summed E-state index contributed by atoms with van der Waals surface area (Å²) < 4.78 is 12.5. The Hall–Kier alpha value is -2.74. The monoisotopic (exact) mass is 530 g/mol. The van der Waals surface area contributed by atoms with Crippen LogP contribution in [0.3, 0.4) is 0 Å². The number of rotatable bonds is 9. The van der Waals surface area contributed by atoms with Gasteiger partial charge in [0.2, 0.25) is 0 Å². The first kappa shape index (κ1) is 22.9. The van der Waals surface area contributed by atoms with E-state index in [4.69, 9.17) is 9.47 Å². The normalized spacial score (nSPS) is 10.5. The molecule has 0 spiro atoms. The number of carbonyl (C=O) groups is 1. The summed E-state index contributed by atoms with van der Waals surface area (Å²) in [5.41, 5.74) is 5.20. The molecule has 3 aromatic rings. The molecule has 0 saturated heterocycles. The van der Waals surface area contributed by atoms with Gasteiger partial charge in [-0.25, -0.2) is 0 Å². The third-order valence-corrected chi connectivity index (χ3v) is 5.37. The number of carbonyl (C=O) groups excluding carboxylic acids is 1. The van der Waals surface area contributed by atoms with Crippen molar-refractivity contribution >= 4 is 39.9 Å². The first-order valence-electron chi connectivity index (χ1n) is 10.2. The smallest absolute Gasteiger partial charge is 0.262 e. The molecule has 0 aliphatic heterocycles. The van der Waals surface area contributed by atoms with Gasteiger partial charge in [0.05, 0.1) is 10.2 Å². The molecule has 2 N–H and O–H groups in total. The topological polar surface area (TPSA) is 59.6 Å². The van der Waals surface area contributed by atoms with Gasteiger partial charge in [0, 0.05) is 17.9 Å². The molecule has 0 atom stereocenters. The van der Waals surface area contributed by atoms with E-state index in [-0.39, 0.29) is 12.5 Å². The van der Waals surface area contributed by atoms with E-state index in [1.165, 1.54) is 5.56 Å². The second kappa shape index (κ2) is 11.0. The fraction of sp³-hybridized carbons (Fsp3) is 0.240. The number of anilines is 2. The highest BCUT2D eigenvalue weighted by molar-refractivity contribution is 14.1. The minimum absolute atomic E-state index is 0.0923. The van der Waals surface area contributed by atoms with Crippen LogP contribution in [-0.4, -0.2) is 19.1 Å². The number of halogens is 1. The van der Waals surface area contributed by atoms with E-state index >= 15 is 0 Å². The number of ether oxygens (including phenoxy) is 2. The zero-order valence-electron chi connectivity index (χ0n) is 18.0. The van der Waals surface area contributed by atoms with Crippen LogP contribution in [0.4, 0.5) is 11.4 Å². The molecule has 0 radical (unpaired) electrons. The zero-order chi connectivity index (χ0) is 22.2. The Labute approximate surface area is 197 Å². The largest absolute Gasteiger partial charge is 0.490 e. The molecule has 0 fully saturated rings. The number of nitrogens with one attached hydrogen (secondary N) is 2. The van der Waals surface area contributed by atoms with Gasteiger partial charge in [-0.2, -0.15) is 0 Å². The summed E-state index contributed by atoms with van der Waals surface area (Å²) in [6.45, 7) is 7.06. The van der Waals surface area contributed by atoms with Crippen molar-refractivity contribution in [3.8, 4) is 11.5 Å². The number of hydrogen-bond donors (Lipinski definition) is 2. The van der Waals surface area contributed by atoms with Crippen molar-refractivity contribution in [2.75, 3.05) is 23.8 Å². The standard InChI is InChI=1S/C25H27IN2O3/c1-4-30-23-14-19(15-27-20-10-8-17(2)9-11-20)13-22(26)25(23)31-16-24(29)28-21-7-5-6-18(3)12-21/h5-14,27H,4,15-16H2,1-3H3,(H,28,29). The molecule has 0 aromatic heterocycles. The van der Waals surface area contributed by atoms with E-state index in [9.17, 15) is 4.79 Å². The van der Waals surface area contributed by atoms with Gasteiger partial charge in [0.1, 0.15) is 0 Å². The first-order chi connectivity index (χ1) is 14.9. The second-order valence-electron chi connectivity index (χ2n) is 7.26. The molecule has 0 aliphatic rings. The van der Waals surface area contributed by atoms with Gasteiger partial charge >= 0.3 is 0 Å². The molecule has 0 heterocycles. The molecule has 5 nitrogen and oxygen atoms in total. The van der Waals surface area contributed by atoms with Crippen molar-refractivity contribution in [3.05, 3.63) is 80.9 Å². The summed E-state index contributed by atoms with van der Waals surface area (Å²) >= 11 is 2.22. The lowest BCUT2D eigenvalue weighted by Crippen LogP contribution is -2.20. The Kier molecular flexibility index (Phi) is 8.17. The minimum Gasteiger partial charge on any atom is -0.490 e. The third kappa shape index (κ3) is 6.89. The van der Waals surface area contributed by atoms with Crippen LogP contribution in [-0.2, 0) is 11.3 Å².